The summed E-state index contributed by atoms with van der Waals surface area (Å²) >= 11 is 0. The molecule has 0 saturated heterocycles. The second-order valence-electron chi connectivity index (χ2n) is 16.7. The van der Waals surface area contributed by atoms with Crippen molar-refractivity contribution in [2.75, 3.05) is 0 Å². The molecule has 0 aromatic heterocycles. The molecule has 0 aromatic rings. The van der Waals surface area contributed by atoms with E-state index >= 15 is 0 Å². The van der Waals surface area contributed by atoms with Gasteiger partial charge in [-0.15, -0.1) is 0 Å². The van der Waals surface area contributed by atoms with Crippen molar-refractivity contribution in [3.63, 3.8) is 0 Å². The average Bonchev–Trinajstić information content (AvgIpc) is 2.90. The van der Waals surface area contributed by atoms with Gasteiger partial charge < -0.3 is 20.4 Å². The molecule has 0 unspecified atom stereocenters. The summed E-state index contributed by atoms with van der Waals surface area (Å²) < 4.78 is 0. The molecular formula is C40H80O8. The zero-order valence-corrected chi connectivity index (χ0v) is 33.6. The van der Waals surface area contributed by atoms with Gasteiger partial charge in [-0.25, -0.2) is 0 Å². The van der Waals surface area contributed by atoms with Crippen molar-refractivity contribution in [3.05, 3.63) is 0 Å². The Balaban J connectivity index is -0.000000273. The van der Waals surface area contributed by atoms with Crippen molar-refractivity contribution in [1.29, 1.82) is 0 Å². The minimum absolute atomic E-state index is 0.0259. The molecule has 0 spiro atoms. The molecule has 0 radical (unpaired) electrons. The summed E-state index contributed by atoms with van der Waals surface area (Å²) in [5, 5.41) is 34.3. The van der Waals surface area contributed by atoms with E-state index in [1.54, 1.807) is 0 Å². The first-order chi connectivity index (χ1) is 21.9. The Hall–Kier alpha value is -2.12. The van der Waals surface area contributed by atoms with Crippen LogP contribution in [0.1, 0.15) is 212 Å². The summed E-state index contributed by atoms with van der Waals surface area (Å²) in [4.78, 5) is 41.6. The number of aliphatic carboxylic acids is 4. The smallest absolute Gasteiger partial charge is 0.303 e. The number of hydrogen-bond donors (Lipinski definition) is 4. The standard InChI is InChI=1S/C13H26O2.C11H22O2.C9H18O2.C7H14O2/c1-4-5-6-7-8-9-10-13(2,3)11-12(14)15;1-4-5-6-7-8-11(2,3)9-10(12)13;1-4-5-6-9(2,3)7-8(10)11;1-4-7(2,3)5-6(8)9/h4-11H2,1-3H3,(H,14,15);4-9H2,1-3H3,(H,12,13);4-7H2,1-3H3,(H,10,11);4-5H2,1-3H3,(H,8,9). The highest BCUT2D eigenvalue weighted by atomic mass is 16.4. The number of carbonyl (C=O) groups is 4. The van der Waals surface area contributed by atoms with Gasteiger partial charge in [0.25, 0.3) is 0 Å². The Morgan fingerprint density at radius 2 is 0.583 bits per heavy atom. The topological polar surface area (TPSA) is 149 Å². The summed E-state index contributed by atoms with van der Waals surface area (Å²) in [5.41, 5.74) is -0.121. The van der Waals surface area contributed by atoms with Gasteiger partial charge in [-0.05, 0) is 40.9 Å². The molecule has 0 fully saturated rings. The van der Waals surface area contributed by atoms with E-state index in [0.29, 0.717) is 12.8 Å². The van der Waals surface area contributed by atoms with Gasteiger partial charge in [0.1, 0.15) is 0 Å². The van der Waals surface area contributed by atoms with Crippen LogP contribution in [0, 0.1) is 21.7 Å². The predicted molar refractivity (Wildman–Crippen MR) is 201 cm³/mol. The van der Waals surface area contributed by atoms with Crippen molar-refractivity contribution in [3.8, 4) is 0 Å². The molecular weight excluding hydrogens is 608 g/mol. The van der Waals surface area contributed by atoms with Gasteiger partial charge in [0, 0.05) is 0 Å². The minimum atomic E-state index is -0.707. The van der Waals surface area contributed by atoms with E-state index in [4.69, 9.17) is 20.4 Å². The maximum atomic E-state index is 10.6. The van der Waals surface area contributed by atoms with Gasteiger partial charge in [-0.3, -0.25) is 19.2 Å². The first-order valence-corrected chi connectivity index (χ1v) is 18.8. The molecule has 4 N–H and O–H groups in total. The first-order valence-electron chi connectivity index (χ1n) is 18.8. The predicted octanol–water partition coefficient (Wildman–Crippen LogP) is 12.3. The monoisotopic (exact) mass is 689 g/mol. The minimum Gasteiger partial charge on any atom is -0.481 e. The van der Waals surface area contributed by atoms with Gasteiger partial charge in [0.15, 0.2) is 0 Å². The third-order valence-corrected chi connectivity index (χ3v) is 8.60. The molecule has 0 aromatic carbocycles. The highest BCUT2D eigenvalue weighted by molar-refractivity contribution is 5.68. The number of rotatable bonds is 24. The van der Waals surface area contributed by atoms with Crippen LogP contribution in [0.15, 0.2) is 0 Å². The third kappa shape index (κ3) is 46.0. The van der Waals surface area contributed by atoms with Crippen LogP contribution < -0.4 is 0 Å². The summed E-state index contributed by atoms with van der Waals surface area (Å²) in [6.07, 6.45) is 20.0. The zero-order valence-electron chi connectivity index (χ0n) is 33.6. The number of unbranched alkanes of at least 4 members (excludes halogenated alkanes) is 9. The molecule has 48 heavy (non-hydrogen) atoms. The highest BCUT2D eigenvalue weighted by Gasteiger charge is 2.22. The normalized spacial score (nSPS) is 11.6. The van der Waals surface area contributed by atoms with Gasteiger partial charge in [0.05, 0.1) is 25.7 Å². The van der Waals surface area contributed by atoms with E-state index < -0.39 is 23.9 Å². The van der Waals surface area contributed by atoms with Gasteiger partial charge in [-0.1, -0.05) is 167 Å². The van der Waals surface area contributed by atoms with Crippen LogP contribution >= 0.6 is 0 Å². The van der Waals surface area contributed by atoms with Gasteiger partial charge in [-0.2, -0.15) is 0 Å². The molecule has 8 heteroatoms. The maximum absolute atomic E-state index is 10.6. The highest BCUT2D eigenvalue weighted by Crippen LogP contribution is 2.29. The number of carboxylic acids is 4. The van der Waals surface area contributed by atoms with Crippen LogP contribution in [0.25, 0.3) is 0 Å². The van der Waals surface area contributed by atoms with E-state index in [-0.39, 0.29) is 34.5 Å². The molecule has 0 amide bonds. The van der Waals surface area contributed by atoms with Crippen molar-refractivity contribution < 1.29 is 39.6 Å². The van der Waals surface area contributed by atoms with E-state index in [2.05, 4.69) is 20.8 Å². The maximum Gasteiger partial charge on any atom is 0.303 e. The van der Waals surface area contributed by atoms with E-state index in [9.17, 15) is 19.2 Å². The van der Waals surface area contributed by atoms with Crippen LogP contribution in [-0.4, -0.2) is 44.3 Å². The summed E-state index contributed by atoms with van der Waals surface area (Å²) in [5.74, 6) is -2.75. The Morgan fingerprint density at radius 1 is 0.354 bits per heavy atom. The fraction of sp³-hybridized carbons (Fsp3) is 0.900. The third-order valence-electron chi connectivity index (χ3n) is 8.60. The second kappa shape index (κ2) is 29.8. The fourth-order valence-corrected chi connectivity index (χ4v) is 5.10. The molecule has 0 heterocycles. The number of carboxylic acid groups (broad SMARTS) is 4. The molecule has 0 rings (SSSR count). The van der Waals surface area contributed by atoms with Crippen LogP contribution in [0.2, 0.25) is 0 Å². The number of hydrogen-bond acceptors (Lipinski definition) is 4. The first kappa shape index (κ1) is 52.7. The van der Waals surface area contributed by atoms with Crippen LogP contribution in [0.5, 0.6) is 0 Å². The van der Waals surface area contributed by atoms with Crippen LogP contribution in [-0.2, 0) is 19.2 Å². The summed E-state index contributed by atoms with van der Waals surface area (Å²) in [6.45, 7) is 24.6. The summed E-state index contributed by atoms with van der Waals surface area (Å²) in [7, 11) is 0. The van der Waals surface area contributed by atoms with Crippen molar-refractivity contribution >= 4 is 23.9 Å². The Morgan fingerprint density at radius 3 is 0.833 bits per heavy atom. The Bertz CT molecular complexity index is 827. The lowest BCUT2D eigenvalue weighted by atomic mass is 9.83. The lowest BCUT2D eigenvalue weighted by molar-refractivity contribution is -0.140. The molecule has 0 bridgehead atoms. The largest absolute Gasteiger partial charge is 0.481 e. The molecule has 0 aliphatic heterocycles. The van der Waals surface area contributed by atoms with Crippen molar-refractivity contribution in [1.82, 2.24) is 0 Å². The molecule has 0 aliphatic carbocycles. The zero-order chi connectivity index (χ0) is 38.5. The lowest BCUT2D eigenvalue weighted by Gasteiger charge is -2.21. The van der Waals surface area contributed by atoms with Crippen LogP contribution in [0.4, 0.5) is 0 Å². The van der Waals surface area contributed by atoms with Gasteiger partial charge in [0.2, 0.25) is 0 Å². The molecule has 0 aliphatic rings. The quantitative estimate of drug-likeness (QED) is 0.0732. The molecule has 0 atom stereocenters. The second-order valence-corrected chi connectivity index (χ2v) is 16.7. The summed E-state index contributed by atoms with van der Waals surface area (Å²) in [6, 6.07) is 0. The van der Waals surface area contributed by atoms with Crippen molar-refractivity contribution in [2.45, 2.75) is 212 Å². The fourth-order valence-electron chi connectivity index (χ4n) is 5.10. The average molecular weight is 689 g/mol. The van der Waals surface area contributed by atoms with E-state index in [1.165, 1.54) is 57.8 Å². The lowest BCUT2D eigenvalue weighted by Crippen LogP contribution is -2.16. The Labute approximate surface area is 296 Å². The van der Waals surface area contributed by atoms with Gasteiger partial charge >= 0.3 is 23.9 Å². The SMILES string of the molecule is CCC(C)(C)CC(=O)O.CCCCC(C)(C)CC(=O)O.CCCCCCC(C)(C)CC(=O)O.CCCCCCCCC(C)(C)CC(=O)O. The van der Waals surface area contributed by atoms with Crippen molar-refractivity contribution in [2.24, 2.45) is 21.7 Å². The molecule has 8 nitrogen and oxygen atoms in total. The molecule has 0 saturated carbocycles. The van der Waals surface area contributed by atoms with E-state index in [1.807, 2.05) is 62.3 Å². The van der Waals surface area contributed by atoms with E-state index in [0.717, 1.165) is 44.9 Å². The Kier molecular flexibility index (Phi) is 32.7. The van der Waals surface area contributed by atoms with Crippen LogP contribution in [0.3, 0.4) is 0 Å². The molecule has 288 valence electrons.